The number of rotatable bonds is 1. The Bertz CT molecular complexity index is 619. The fourth-order valence-corrected chi connectivity index (χ4v) is 2.45. The zero-order valence-corrected chi connectivity index (χ0v) is 12.4. The molecule has 5 nitrogen and oxygen atoms in total. The molecule has 2 heterocycles. The molecular weight excluding hydrogens is 296 g/mol. The smallest absolute Gasteiger partial charge is 0.287 e. The zero-order valence-electron chi connectivity index (χ0n) is 10.8. The first-order valence-corrected chi connectivity index (χ1v) is 6.41. The second-order valence-electron chi connectivity index (χ2n) is 5.22. The van der Waals surface area contributed by atoms with Gasteiger partial charge in [0.05, 0.1) is 11.4 Å². The standard InChI is InChI=1S/C12H15BrN4O/c1-7-5-6-8(15-14-7)17-11(18)9(13)10(16-17)12(2,3)4/h5-6,16H,1-4H3. The lowest BCUT2D eigenvalue weighted by Gasteiger charge is -2.16. The third-order valence-corrected chi connectivity index (χ3v) is 3.33. The second-order valence-corrected chi connectivity index (χ2v) is 6.02. The number of hydrogen-bond acceptors (Lipinski definition) is 3. The first kappa shape index (κ1) is 13.0. The van der Waals surface area contributed by atoms with E-state index in [1.54, 1.807) is 6.07 Å². The molecule has 0 atom stereocenters. The van der Waals surface area contributed by atoms with Crippen molar-refractivity contribution in [3.05, 3.63) is 38.3 Å². The summed E-state index contributed by atoms with van der Waals surface area (Å²) in [7, 11) is 0. The van der Waals surface area contributed by atoms with Crippen LogP contribution in [-0.2, 0) is 5.41 Å². The van der Waals surface area contributed by atoms with Gasteiger partial charge in [-0.15, -0.1) is 5.10 Å². The second kappa shape index (κ2) is 4.35. The van der Waals surface area contributed by atoms with Crippen LogP contribution in [0.25, 0.3) is 5.82 Å². The Morgan fingerprint density at radius 1 is 1.28 bits per heavy atom. The monoisotopic (exact) mass is 310 g/mol. The normalized spacial score (nSPS) is 11.8. The number of aromatic nitrogens is 4. The van der Waals surface area contributed by atoms with E-state index in [-0.39, 0.29) is 11.0 Å². The third kappa shape index (κ3) is 2.25. The Morgan fingerprint density at radius 3 is 2.39 bits per heavy atom. The molecule has 2 rings (SSSR count). The molecule has 0 spiro atoms. The molecule has 0 aliphatic rings. The van der Waals surface area contributed by atoms with Crippen LogP contribution in [0.1, 0.15) is 32.2 Å². The summed E-state index contributed by atoms with van der Waals surface area (Å²) in [6.07, 6.45) is 0. The molecule has 0 radical (unpaired) electrons. The molecule has 0 bridgehead atoms. The molecule has 2 aromatic rings. The van der Waals surface area contributed by atoms with Crippen LogP contribution in [0.4, 0.5) is 0 Å². The van der Waals surface area contributed by atoms with Crippen LogP contribution in [0.15, 0.2) is 21.4 Å². The minimum Gasteiger partial charge on any atom is -0.292 e. The minimum atomic E-state index is -0.155. The summed E-state index contributed by atoms with van der Waals surface area (Å²) in [4.78, 5) is 12.1. The van der Waals surface area contributed by atoms with Gasteiger partial charge in [0.1, 0.15) is 4.47 Å². The first-order valence-electron chi connectivity index (χ1n) is 5.62. The van der Waals surface area contributed by atoms with E-state index in [9.17, 15) is 4.79 Å². The first-order chi connectivity index (χ1) is 8.30. The summed E-state index contributed by atoms with van der Waals surface area (Å²) in [6.45, 7) is 7.96. The van der Waals surface area contributed by atoms with Gasteiger partial charge in [0, 0.05) is 5.41 Å². The molecule has 0 amide bonds. The quantitative estimate of drug-likeness (QED) is 0.879. The van der Waals surface area contributed by atoms with E-state index in [1.807, 2.05) is 33.8 Å². The van der Waals surface area contributed by atoms with Gasteiger partial charge in [-0.1, -0.05) is 20.8 Å². The van der Waals surface area contributed by atoms with E-state index < -0.39 is 0 Å². The van der Waals surface area contributed by atoms with Crippen molar-refractivity contribution in [3.63, 3.8) is 0 Å². The molecule has 0 saturated heterocycles. The van der Waals surface area contributed by atoms with E-state index in [0.717, 1.165) is 11.4 Å². The number of nitrogens with one attached hydrogen (secondary N) is 1. The summed E-state index contributed by atoms with van der Waals surface area (Å²) in [5, 5.41) is 11.0. The van der Waals surface area contributed by atoms with Gasteiger partial charge >= 0.3 is 0 Å². The number of aromatic amines is 1. The van der Waals surface area contributed by atoms with Crippen molar-refractivity contribution in [2.75, 3.05) is 0 Å². The molecule has 96 valence electrons. The lowest BCUT2D eigenvalue weighted by molar-refractivity contribution is 0.556. The van der Waals surface area contributed by atoms with E-state index in [0.29, 0.717) is 10.3 Å². The van der Waals surface area contributed by atoms with Crippen molar-refractivity contribution in [2.45, 2.75) is 33.1 Å². The maximum atomic E-state index is 12.1. The maximum absolute atomic E-state index is 12.1. The molecule has 0 saturated carbocycles. The molecule has 0 aliphatic heterocycles. The predicted molar refractivity (Wildman–Crippen MR) is 73.1 cm³/mol. The topological polar surface area (TPSA) is 63.6 Å². The Kier molecular flexibility index (Phi) is 3.14. The van der Waals surface area contributed by atoms with Gasteiger partial charge in [0.25, 0.3) is 5.56 Å². The highest BCUT2D eigenvalue weighted by atomic mass is 79.9. The molecule has 0 fully saturated rings. The minimum absolute atomic E-state index is 0.151. The van der Waals surface area contributed by atoms with Gasteiger partial charge in [-0.05, 0) is 35.0 Å². The average Bonchev–Trinajstić information content (AvgIpc) is 2.57. The third-order valence-electron chi connectivity index (χ3n) is 2.60. The Labute approximate surface area is 113 Å². The summed E-state index contributed by atoms with van der Waals surface area (Å²) in [5.74, 6) is 0.488. The highest BCUT2D eigenvalue weighted by Crippen LogP contribution is 2.25. The summed E-state index contributed by atoms with van der Waals surface area (Å²) in [5.41, 5.74) is 1.35. The number of halogens is 1. The molecule has 0 aromatic carbocycles. The fourth-order valence-electron chi connectivity index (χ4n) is 1.59. The zero-order chi connectivity index (χ0) is 13.5. The molecule has 0 aliphatic carbocycles. The SMILES string of the molecule is Cc1ccc(-n2[nH]c(C(C)(C)C)c(Br)c2=O)nn1. The highest BCUT2D eigenvalue weighted by Gasteiger charge is 2.23. The average molecular weight is 311 g/mol. The van der Waals surface area contributed by atoms with Gasteiger partial charge < -0.3 is 0 Å². The van der Waals surface area contributed by atoms with Crippen molar-refractivity contribution >= 4 is 15.9 Å². The van der Waals surface area contributed by atoms with Crippen LogP contribution in [0.5, 0.6) is 0 Å². The van der Waals surface area contributed by atoms with Crippen molar-refractivity contribution < 1.29 is 0 Å². The molecule has 0 unspecified atom stereocenters. The number of hydrogen-bond donors (Lipinski definition) is 1. The maximum Gasteiger partial charge on any atom is 0.287 e. The number of aryl methyl sites for hydroxylation is 1. The van der Waals surface area contributed by atoms with Gasteiger partial charge in [-0.25, -0.2) is 0 Å². The summed E-state index contributed by atoms with van der Waals surface area (Å²) in [6, 6.07) is 3.58. The predicted octanol–water partition coefficient (Wildman–Crippen LogP) is 2.32. The van der Waals surface area contributed by atoms with E-state index in [2.05, 4.69) is 31.2 Å². The van der Waals surface area contributed by atoms with E-state index in [4.69, 9.17) is 0 Å². The fraction of sp³-hybridized carbons (Fsp3) is 0.417. The van der Waals surface area contributed by atoms with Crippen molar-refractivity contribution in [1.29, 1.82) is 0 Å². The van der Waals surface area contributed by atoms with Crippen LogP contribution in [0, 0.1) is 6.92 Å². The summed E-state index contributed by atoms with van der Waals surface area (Å²) >= 11 is 3.34. The number of H-pyrrole nitrogens is 1. The van der Waals surface area contributed by atoms with Crippen molar-refractivity contribution in [3.8, 4) is 5.82 Å². The molecular formula is C12H15BrN4O. The highest BCUT2D eigenvalue weighted by molar-refractivity contribution is 9.10. The van der Waals surface area contributed by atoms with Gasteiger partial charge in [0.2, 0.25) is 0 Å². The lowest BCUT2D eigenvalue weighted by Crippen LogP contribution is -2.16. The van der Waals surface area contributed by atoms with Gasteiger partial charge in [0.15, 0.2) is 5.82 Å². The van der Waals surface area contributed by atoms with E-state index in [1.165, 1.54) is 4.68 Å². The van der Waals surface area contributed by atoms with Gasteiger partial charge in [-0.3, -0.25) is 9.89 Å². The Hall–Kier alpha value is -1.43. The molecule has 6 heteroatoms. The van der Waals surface area contributed by atoms with Crippen LogP contribution < -0.4 is 5.56 Å². The molecule has 1 N–H and O–H groups in total. The van der Waals surface area contributed by atoms with Gasteiger partial charge in [-0.2, -0.15) is 9.78 Å². The lowest BCUT2D eigenvalue weighted by atomic mass is 9.93. The molecule has 2 aromatic heterocycles. The van der Waals surface area contributed by atoms with Crippen LogP contribution in [-0.4, -0.2) is 20.0 Å². The Balaban J connectivity index is 2.60. The number of nitrogens with zero attached hydrogens (tertiary/aromatic N) is 3. The summed E-state index contributed by atoms with van der Waals surface area (Å²) < 4.78 is 1.94. The van der Waals surface area contributed by atoms with Crippen LogP contribution in [0.2, 0.25) is 0 Å². The van der Waals surface area contributed by atoms with Crippen molar-refractivity contribution in [1.82, 2.24) is 20.0 Å². The molecule has 18 heavy (non-hydrogen) atoms. The Morgan fingerprint density at radius 2 is 1.94 bits per heavy atom. The van der Waals surface area contributed by atoms with Crippen LogP contribution in [0.3, 0.4) is 0 Å². The van der Waals surface area contributed by atoms with E-state index >= 15 is 0 Å². The largest absolute Gasteiger partial charge is 0.292 e. The van der Waals surface area contributed by atoms with Crippen LogP contribution >= 0.6 is 15.9 Å². The van der Waals surface area contributed by atoms with Crippen molar-refractivity contribution in [2.24, 2.45) is 0 Å².